The molecule has 0 radical (unpaired) electrons. The van der Waals surface area contributed by atoms with Gasteiger partial charge in [-0.05, 0) is 34.5 Å². The third-order valence-electron chi connectivity index (χ3n) is 2.71. The van der Waals surface area contributed by atoms with E-state index >= 15 is 0 Å². The number of carbonyl (C=O) groups is 2. The van der Waals surface area contributed by atoms with E-state index in [0.29, 0.717) is 4.47 Å². The second kappa shape index (κ2) is 4.44. The van der Waals surface area contributed by atoms with E-state index in [1.807, 2.05) is 0 Å². The standard InChI is InChI=1S/C11H9BrFNO3/c12-7-2-1-3-8(13)9(7)14-5-4-6(10(14)15)11(16)17/h1-3,6H,4-5H2,(H,16,17). The Bertz CT molecular complexity index is 471. The van der Waals surface area contributed by atoms with Gasteiger partial charge in [0.2, 0.25) is 5.91 Å². The highest BCUT2D eigenvalue weighted by atomic mass is 79.9. The van der Waals surface area contributed by atoms with Crippen molar-refractivity contribution in [1.82, 2.24) is 0 Å². The highest BCUT2D eigenvalue weighted by Crippen LogP contribution is 2.33. The van der Waals surface area contributed by atoms with Crippen molar-refractivity contribution >= 4 is 33.5 Å². The van der Waals surface area contributed by atoms with Gasteiger partial charge in [0.05, 0.1) is 5.69 Å². The van der Waals surface area contributed by atoms with Crippen LogP contribution in [0.4, 0.5) is 10.1 Å². The molecule has 2 rings (SSSR count). The van der Waals surface area contributed by atoms with Gasteiger partial charge in [0, 0.05) is 11.0 Å². The van der Waals surface area contributed by atoms with E-state index in [4.69, 9.17) is 5.11 Å². The average Bonchev–Trinajstić information content (AvgIpc) is 2.61. The predicted octanol–water partition coefficient (Wildman–Crippen LogP) is 2.03. The average molecular weight is 302 g/mol. The predicted molar refractivity (Wildman–Crippen MR) is 62.2 cm³/mol. The minimum atomic E-state index is -1.16. The summed E-state index contributed by atoms with van der Waals surface area (Å²) in [6.45, 7) is 0.218. The molecule has 1 atom stereocenters. The summed E-state index contributed by atoms with van der Waals surface area (Å²) in [5.41, 5.74) is 0.112. The van der Waals surface area contributed by atoms with E-state index in [1.54, 1.807) is 6.07 Å². The number of carbonyl (C=O) groups excluding carboxylic acids is 1. The molecule has 4 nitrogen and oxygen atoms in total. The van der Waals surface area contributed by atoms with Crippen LogP contribution in [0.5, 0.6) is 0 Å². The lowest BCUT2D eigenvalue weighted by Crippen LogP contribution is -2.31. The molecule has 1 N–H and O–H groups in total. The summed E-state index contributed by atoms with van der Waals surface area (Å²) >= 11 is 3.16. The Kier molecular flexibility index (Phi) is 3.15. The van der Waals surface area contributed by atoms with Gasteiger partial charge in [0.25, 0.3) is 0 Å². The van der Waals surface area contributed by atoms with Gasteiger partial charge >= 0.3 is 5.97 Å². The zero-order chi connectivity index (χ0) is 12.6. The Morgan fingerprint density at radius 1 is 1.53 bits per heavy atom. The van der Waals surface area contributed by atoms with Crippen molar-refractivity contribution in [3.63, 3.8) is 0 Å². The van der Waals surface area contributed by atoms with E-state index in [0.717, 1.165) is 0 Å². The molecule has 17 heavy (non-hydrogen) atoms. The number of halogens is 2. The maximum Gasteiger partial charge on any atom is 0.316 e. The van der Waals surface area contributed by atoms with Gasteiger partial charge in [-0.25, -0.2) is 4.39 Å². The molecule has 1 aromatic carbocycles. The molecule has 1 amide bonds. The molecule has 90 valence electrons. The van der Waals surface area contributed by atoms with Gasteiger partial charge in [-0.1, -0.05) is 6.07 Å². The lowest BCUT2D eigenvalue weighted by atomic mass is 10.1. The van der Waals surface area contributed by atoms with Crippen LogP contribution in [-0.4, -0.2) is 23.5 Å². The monoisotopic (exact) mass is 301 g/mol. The minimum absolute atomic E-state index is 0.112. The SMILES string of the molecule is O=C(O)C1CCN(c2c(F)cccc2Br)C1=O. The largest absolute Gasteiger partial charge is 0.481 e. The molecule has 0 spiro atoms. The van der Waals surface area contributed by atoms with E-state index < -0.39 is 23.6 Å². The van der Waals surface area contributed by atoms with Crippen LogP contribution in [0, 0.1) is 11.7 Å². The van der Waals surface area contributed by atoms with Crippen molar-refractivity contribution < 1.29 is 19.1 Å². The first-order valence-corrected chi connectivity index (χ1v) is 5.80. The van der Waals surface area contributed by atoms with Crippen molar-refractivity contribution in [1.29, 1.82) is 0 Å². The fourth-order valence-electron chi connectivity index (χ4n) is 1.88. The summed E-state index contributed by atoms with van der Waals surface area (Å²) in [6.07, 6.45) is 0.203. The van der Waals surface area contributed by atoms with Crippen LogP contribution in [0.3, 0.4) is 0 Å². The number of amides is 1. The van der Waals surface area contributed by atoms with E-state index in [2.05, 4.69) is 15.9 Å². The first kappa shape index (κ1) is 12.0. The molecule has 0 aromatic heterocycles. The van der Waals surface area contributed by atoms with Crippen LogP contribution in [0.15, 0.2) is 22.7 Å². The van der Waals surface area contributed by atoms with E-state index in [9.17, 15) is 14.0 Å². The van der Waals surface area contributed by atoms with Crippen molar-refractivity contribution in [3.8, 4) is 0 Å². The van der Waals surface area contributed by atoms with Crippen molar-refractivity contribution in [2.75, 3.05) is 11.4 Å². The second-order valence-electron chi connectivity index (χ2n) is 3.74. The number of carboxylic acids is 1. The number of benzene rings is 1. The summed E-state index contributed by atoms with van der Waals surface area (Å²) in [4.78, 5) is 23.8. The second-order valence-corrected chi connectivity index (χ2v) is 4.59. The highest BCUT2D eigenvalue weighted by molar-refractivity contribution is 9.10. The van der Waals surface area contributed by atoms with Gasteiger partial charge in [-0.2, -0.15) is 0 Å². The zero-order valence-corrected chi connectivity index (χ0v) is 10.3. The van der Waals surface area contributed by atoms with Crippen LogP contribution in [-0.2, 0) is 9.59 Å². The lowest BCUT2D eigenvalue weighted by Gasteiger charge is -2.18. The first-order chi connectivity index (χ1) is 8.02. The van der Waals surface area contributed by atoms with Crippen molar-refractivity contribution in [3.05, 3.63) is 28.5 Å². The Hall–Kier alpha value is -1.43. The van der Waals surface area contributed by atoms with E-state index in [1.165, 1.54) is 17.0 Å². The molecular weight excluding hydrogens is 293 g/mol. The topological polar surface area (TPSA) is 57.6 Å². The maximum absolute atomic E-state index is 13.6. The summed E-state index contributed by atoms with van der Waals surface area (Å²) in [7, 11) is 0. The molecule has 1 aliphatic heterocycles. The molecule has 1 heterocycles. The number of anilines is 1. The van der Waals surface area contributed by atoms with Crippen LogP contribution < -0.4 is 4.90 Å². The highest BCUT2D eigenvalue weighted by Gasteiger charge is 2.39. The number of hydrogen-bond acceptors (Lipinski definition) is 2. The van der Waals surface area contributed by atoms with Gasteiger partial charge in [-0.15, -0.1) is 0 Å². The number of carboxylic acid groups (broad SMARTS) is 1. The molecule has 6 heteroatoms. The fourth-order valence-corrected chi connectivity index (χ4v) is 2.43. The number of aliphatic carboxylic acids is 1. The quantitative estimate of drug-likeness (QED) is 0.850. The van der Waals surface area contributed by atoms with Crippen LogP contribution >= 0.6 is 15.9 Å². The summed E-state index contributed by atoms with van der Waals surface area (Å²) in [5.74, 6) is -3.34. The van der Waals surface area contributed by atoms with Crippen LogP contribution in [0.2, 0.25) is 0 Å². The molecule has 1 aliphatic rings. The normalized spacial score (nSPS) is 19.8. The Morgan fingerprint density at radius 3 is 2.76 bits per heavy atom. The van der Waals surface area contributed by atoms with Gasteiger partial charge in [-0.3, -0.25) is 9.59 Å². The molecule has 0 bridgehead atoms. The number of rotatable bonds is 2. The van der Waals surface area contributed by atoms with Gasteiger partial charge in [0.1, 0.15) is 11.7 Å². The Balaban J connectivity index is 2.37. The Labute approximate surface area is 105 Å². The van der Waals surface area contributed by atoms with Crippen molar-refractivity contribution in [2.45, 2.75) is 6.42 Å². The molecule has 1 aromatic rings. The Morgan fingerprint density at radius 2 is 2.24 bits per heavy atom. The molecule has 1 fully saturated rings. The molecule has 0 aliphatic carbocycles. The fraction of sp³-hybridized carbons (Fsp3) is 0.273. The molecule has 1 unspecified atom stereocenters. The minimum Gasteiger partial charge on any atom is -0.481 e. The lowest BCUT2D eigenvalue weighted by molar-refractivity contribution is -0.144. The number of para-hydroxylation sites is 1. The molecule has 1 saturated heterocycles. The third kappa shape index (κ3) is 2.04. The molecular formula is C11H9BrFNO3. The molecule has 0 saturated carbocycles. The van der Waals surface area contributed by atoms with Gasteiger partial charge < -0.3 is 10.0 Å². The van der Waals surface area contributed by atoms with Gasteiger partial charge in [0.15, 0.2) is 0 Å². The van der Waals surface area contributed by atoms with E-state index in [-0.39, 0.29) is 18.7 Å². The summed E-state index contributed by atoms with van der Waals surface area (Å²) in [6, 6.07) is 4.36. The number of hydrogen-bond donors (Lipinski definition) is 1. The maximum atomic E-state index is 13.6. The third-order valence-corrected chi connectivity index (χ3v) is 3.35. The number of nitrogens with zero attached hydrogens (tertiary/aromatic N) is 1. The van der Waals surface area contributed by atoms with Crippen molar-refractivity contribution in [2.24, 2.45) is 5.92 Å². The summed E-state index contributed by atoms with van der Waals surface area (Å²) in [5, 5.41) is 8.83. The van der Waals surface area contributed by atoms with Crippen LogP contribution in [0.25, 0.3) is 0 Å². The summed E-state index contributed by atoms with van der Waals surface area (Å²) < 4.78 is 14.1. The first-order valence-electron chi connectivity index (χ1n) is 5.00. The van der Waals surface area contributed by atoms with Crippen LogP contribution in [0.1, 0.15) is 6.42 Å². The zero-order valence-electron chi connectivity index (χ0n) is 8.69. The smallest absolute Gasteiger partial charge is 0.316 e.